The van der Waals surface area contributed by atoms with E-state index < -0.39 is 0 Å². The normalized spacial score (nSPS) is 23.8. The quantitative estimate of drug-likeness (QED) is 0.484. The molecule has 1 saturated carbocycles. The summed E-state index contributed by atoms with van der Waals surface area (Å²) in [4.78, 5) is 14.0. The fraction of sp³-hybridized carbons (Fsp3) is 0.370. The van der Waals surface area contributed by atoms with E-state index in [9.17, 15) is 4.79 Å². The second-order valence-electron chi connectivity index (χ2n) is 8.82. The highest BCUT2D eigenvalue weighted by Gasteiger charge is 2.30. The number of carbonyl (C=O) groups excluding carboxylic acids is 1. The molecule has 1 unspecified atom stereocenters. The van der Waals surface area contributed by atoms with E-state index in [1.54, 1.807) is 30.1 Å². The number of rotatable bonds is 7. The van der Waals surface area contributed by atoms with E-state index in [2.05, 4.69) is 41.7 Å². The molecule has 2 aliphatic carbocycles. The number of allylic oxidation sites excluding steroid dienone is 3. The van der Waals surface area contributed by atoms with Crippen LogP contribution in [0, 0.1) is 5.92 Å². The lowest BCUT2D eigenvalue weighted by atomic mass is 9.82. The van der Waals surface area contributed by atoms with E-state index in [4.69, 9.17) is 9.47 Å². The van der Waals surface area contributed by atoms with Crippen LogP contribution in [0.2, 0.25) is 0 Å². The Kier molecular flexibility index (Phi) is 6.56. The van der Waals surface area contributed by atoms with Crippen molar-refractivity contribution in [2.45, 2.75) is 57.0 Å². The third-order valence-corrected chi connectivity index (χ3v) is 7.77. The molecule has 1 aromatic heterocycles. The van der Waals surface area contributed by atoms with Gasteiger partial charge in [-0.15, -0.1) is 11.3 Å². The van der Waals surface area contributed by atoms with Gasteiger partial charge in [0.25, 0.3) is 0 Å². The average Bonchev–Trinajstić information content (AvgIpc) is 3.29. The lowest BCUT2D eigenvalue weighted by molar-refractivity contribution is 0.0881. The minimum atomic E-state index is 0.0811. The van der Waals surface area contributed by atoms with Crippen LogP contribution in [-0.4, -0.2) is 17.9 Å². The van der Waals surface area contributed by atoms with Crippen LogP contribution < -0.4 is 5.32 Å². The third-order valence-electron chi connectivity index (χ3n) is 6.64. The van der Waals surface area contributed by atoms with Crippen molar-refractivity contribution in [1.82, 2.24) is 5.32 Å². The number of benzene rings is 1. The Hall–Kier alpha value is -2.63. The number of Topliss-reactive ketones (excluding diaryl/α,β-unsaturated/α-hetero) is 1. The lowest BCUT2D eigenvalue weighted by Crippen LogP contribution is -2.43. The van der Waals surface area contributed by atoms with Gasteiger partial charge >= 0.3 is 0 Å². The SMILES string of the molecule is O=C(c1cc2ccccc2s1)C1CCC(NC(CC2=CC=CCC2)C2=COC=CO2)CC1. The van der Waals surface area contributed by atoms with E-state index >= 15 is 0 Å². The van der Waals surface area contributed by atoms with Gasteiger partial charge in [0.1, 0.15) is 18.8 Å². The van der Waals surface area contributed by atoms with Gasteiger partial charge in [0.2, 0.25) is 0 Å². The van der Waals surface area contributed by atoms with Gasteiger partial charge in [0.15, 0.2) is 11.5 Å². The van der Waals surface area contributed by atoms with Gasteiger partial charge in [-0.1, -0.05) is 42.0 Å². The van der Waals surface area contributed by atoms with Crippen LogP contribution in [0.15, 0.2) is 78.7 Å². The van der Waals surface area contributed by atoms with Crippen LogP contribution in [0.5, 0.6) is 0 Å². The monoisotopic (exact) mass is 447 g/mol. The Morgan fingerprint density at radius 3 is 2.78 bits per heavy atom. The van der Waals surface area contributed by atoms with Gasteiger partial charge in [-0.2, -0.15) is 0 Å². The van der Waals surface area contributed by atoms with Gasteiger partial charge < -0.3 is 14.8 Å². The first-order valence-corrected chi connectivity index (χ1v) is 12.4. The fourth-order valence-electron chi connectivity index (χ4n) is 4.87. The van der Waals surface area contributed by atoms with Crippen LogP contribution in [0.4, 0.5) is 0 Å². The number of hydrogen-bond donors (Lipinski definition) is 1. The molecule has 166 valence electrons. The molecule has 0 spiro atoms. The summed E-state index contributed by atoms with van der Waals surface area (Å²) in [6.07, 6.45) is 18.4. The van der Waals surface area contributed by atoms with E-state index in [1.807, 2.05) is 12.1 Å². The molecule has 1 atom stereocenters. The Bertz CT molecular complexity index is 1050. The average molecular weight is 448 g/mol. The van der Waals surface area contributed by atoms with Crippen molar-refractivity contribution in [3.8, 4) is 0 Å². The summed E-state index contributed by atoms with van der Waals surface area (Å²) in [7, 11) is 0. The molecule has 1 N–H and O–H groups in total. The predicted molar refractivity (Wildman–Crippen MR) is 129 cm³/mol. The summed E-state index contributed by atoms with van der Waals surface area (Å²) in [5, 5.41) is 4.98. The summed E-state index contributed by atoms with van der Waals surface area (Å²) in [6.45, 7) is 0. The van der Waals surface area contributed by atoms with Gasteiger partial charge in [0.05, 0.1) is 10.9 Å². The molecule has 3 aliphatic rings. The molecule has 1 fully saturated rings. The van der Waals surface area contributed by atoms with Gasteiger partial charge in [-0.05, 0) is 62.5 Å². The maximum atomic E-state index is 13.1. The first-order chi connectivity index (χ1) is 15.8. The molecule has 4 nitrogen and oxygen atoms in total. The summed E-state index contributed by atoms with van der Waals surface area (Å²) in [6, 6.07) is 10.8. The minimum absolute atomic E-state index is 0.0811. The number of ketones is 1. The number of carbonyl (C=O) groups is 1. The second-order valence-corrected chi connectivity index (χ2v) is 9.91. The van der Waals surface area contributed by atoms with Crippen molar-refractivity contribution < 1.29 is 14.3 Å². The zero-order valence-electron chi connectivity index (χ0n) is 18.2. The standard InChI is InChI=1S/C27H29NO3S/c29-27(26-17-21-8-4-5-9-25(21)32-26)20-10-12-22(13-11-20)28-23(24-18-30-14-15-31-24)16-19-6-2-1-3-7-19/h1-2,4-6,8-9,14-15,17-18,20,22-23,28H,3,7,10-13,16H2. The van der Waals surface area contributed by atoms with Crippen molar-refractivity contribution in [2.75, 3.05) is 0 Å². The Balaban J connectivity index is 1.21. The lowest BCUT2D eigenvalue weighted by Gasteiger charge is -2.33. The zero-order chi connectivity index (χ0) is 21.8. The van der Waals surface area contributed by atoms with E-state index in [1.165, 1.54) is 15.7 Å². The first kappa shape index (κ1) is 21.2. The summed E-state index contributed by atoms with van der Waals surface area (Å²) < 4.78 is 12.3. The molecular formula is C27H29NO3S. The van der Waals surface area contributed by atoms with Gasteiger partial charge in [0, 0.05) is 16.7 Å². The Labute approximate surface area is 193 Å². The highest BCUT2D eigenvalue weighted by atomic mass is 32.1. The maximum Gasteiger partial charge on any atom is 0.175 e. The number of fused-ring (bicyclic) bond motifs is 1. The molecule has 1 aromatic carbocycles. The van der Waals surface area contributed by atoms with E-state index in [-0.39, 0.29) is 12.0 Å². The molecule has 32 heavy (non-hydrogen) atoms. The molecule has 5 rings (SSSR count). The molecule has 1 aliphatic heterocycles. The molecule has 0 saturated heterocycles. The van der Waals surface area contributed by atoms with E-state index in [0.29, 0.717) is 11.8 Å². The smallest absolute Gasteiger partial charge is 0.175 e. The van der Waals surface area contributed by atoms with Crippen molar-refractivity contribution in [3.63, 3.8) is 0 Å². The van der Waals surface area contributed by atoms with Crippen LogP contribution >= 0.6 is 11.3 Å². The van der Waals surface area contributed by atoms with Gasteiger partial charge in [-0.25, -0.2) is 0 Å². The maximum absolute atomic E-state index is 13.1. The molecular weight excluding hydrogens is 418 g/mol. The summed E-state index contributed by atoms with van der Waals surface area (Å²) >= 11 is 1.63. The molecule has 2 heterocycles. The zero-order valence-corrected chi connectivity index (χ0v) is 19.0. The van der Waals surface area contributed by atoms with Crippen molar-refractivity contribution in [2.24, 2.45) is 5.92 Å². The number of nitrogens with one attached hydrogen (secondary N) is 1. The summed E-state index contributed by atoms with van der Waals surface area (Å²) in [5.74, 6) is 1.27. The topological polar surface area (TPSA) is 47.6 Å². The Morgan fingerprint density at radius 2 is 2.03 bits per heavy atom. The highest BCUT2D eigenvalue weighted by molar-refractivity contribution is 7.20. The van der Waals surface area contributed by atoms with Crippen LogP contribution in [0.1, 0.15) is 54.6 Å². The Morgan fingerprint density at radius 1 is 1.16 bits per heavy atom. The molecule has 0 amide bonds. The van der Waals surface area contributed by atoms with Gasteiger partial charge in [-0.3, -0.25) is 4.79 Å². The molecule has 2 aromatic rings. The largest absolute Gasteiger partial charge is 0.466 e. The predicted octanol–water partition coefficient (Wildman–Crippen LogP) is 6.63. The molecule has 0 bridgehead atoms. The minimum Gasteiger partial charge on any atom is -0.466 e. The number of ether oxygens (including phenoxy) is 2. The van der Waals surface area contributed by atoms with Crippen molar-refractivity contribution in [3.05, 3.63) is 83.6 Å². The number of hydrogen-bond acceptors (Lipinski definition) is 5. The van der Waals surface area contributed by atoms with Crippen molar-refractivity contribution >= 4 is 27.2 Å². The molecule has 5 heteroatoms. The van der Waals surface area contributed by atoms with Crippen LogP contribution in [0.25, 0.3) is 10.1 Å². The van der Waals surface area contributed by atoms with Crippen LogP contribution in [0.3, 0.4) is 0 Å². The third kappa shape index (κ3) is 4.89. The van der Waals surface area contributed by atoms with Crippen molar-refractivity contribution in [1.29, 1.82) is 0 Å². The number of thiophene rings is 1. The van der Waals surface area contributed by atoms with Crippen LogP contribution in [-0.2, 0) is 9.47 Å². The molecule has 0 radical (unpaired) electrons. The highest BCUT2D eigenvalue weighted by Crippen LogP contribution is 2.33. The second kappa shape index (κ2) is 9.88. The fourth-order valence-corrected chi connectivity index (χ4v) is 5.96. The summed E-state index contributed by atoms with van der Waals surface area (Å²) in [5.41, 5.74) is 1.43. The van der Waals surface area contributed by atoms with E-state index in [0.717, 1.165) is 55.6 Å². The first-order valence-electron chi connectivity index (χ1n) is 11.6.